The quantitative estimate of drug-likeness (QED) is 0.656. The van der Waals surface area contributed by atoms with Gasteiger partial charge in [0.05, 0.1) is 11.4 Å². The van der Waals surface area contributed by atoms with E-state index < -0.39 is 27.6 Å². The van der Waals surface area contributed by atoms with E-state index in [1.54, 1.807) is 26.0 Å². The maximum atomic E-state index is 13.3. The Morgan fingerprint density at radius 3 is 2.12 bits per heavy atom. The summed E-state index contributed by atoms with van der Waals surface area (Å²) < 4.78 is 27.6. The molecule has 3 rings (SSSR count). The molecule has 0 radical (unpaired) electrons. The van der Waals surface area contributed by atoms with E-state index in [1.165, 1.54) is 30.1 Å². The van der Waals surface area contributed by atoms with E-state index >= 15 is 0 Å². The van der Waals surface area contributed by atoms with Gasteiger partial charge in [-0.25, -0.2) is 13.2 Å². The van der Waals surface area contributed by atoms with Gasteiger partial charge in [-0.2, -0.15) is 4.31 Å². The number of anilines is 1. The molecule has 0 spiro atoms. The lowest BCUT2D eigenvalue weighted by atomic mass is 9.90. The van der Waals surface area contributed by atoms with Gasteiger partial charge in [-0.1, -0.05) is 17.7 Å². The molecule has 9 heteroatoms. The number of hydrogen-bond acceptors (Lipinski definition) is 5. The molecule has 0 aliphatic heterocycles. The van der Waals surface area contributed by atoms with Crippen LogP contribution in [-0.4, -0.2) is 54.4 Å². The Hall–Kier alpha value is -2.91. The summed E-state index contributed by atoms with van der Waals surface area (Å²) in [5, 5.41) is 19.2. The number of rotatable bonds is 7. The van der Waals surface area contributed by atoms with Gasteiger partial charge in [0.15, 0.2) is 0 Å². The summed E-state index contributed by atoms with van der Waals surface area (Å²) in [5.74, 6) is -2.16. The SMILES string of the molecule is Cc1cc(C)c(S(=O)(=O)N(C)CC(=O)N(c2ccc(C(=O)O)c(O)c2)C2CCC2)c(C)c1. The Morgan fingerprint density at radius 1 is 1.06 bits per heavy atom. The minimum Gasteiger partial charge on any atom is -0.507 e. The minimum atomic E-state index is -3.91. The van der Waals surface area contributed by atoms with Crippen LogP contribution in [-0.2, 0) is 14.8 Å². The summed E-state index contributed by atoms with van der Waals surface area (Å²) in [5.41, 5.74) is 2.27. The van der Waals surface area contributed by atoms with Crippen molar-refractivity contribution in [2.24, 2.45) is 0 Å². The first kappa shape index (κ1) is 23.7. The van der Waals surface area contributed by atoms with Gasteiger partial charge in [-0.15, -0.1) is 0 Å². The number of likely N-dealkylation sites (N-methyl/N-ethyl adjacent to an activating group) is 1. The molecule has 32 heavy (non-hydrogen) atoms. The molecule has 0 heterocycles. The number of aromatic carboxylic acids is 1. The maximum absolute atomic E-state index is 13.3. The van der Waals surface area contributed by atoms with E-state index in [0.29, 0.717) is 16.8 Å². The predicted octanol–water partition coefficient (Wildman–Crippen LogP) is 3.22. The van der Waals surface area contributed by atoms with Crippen molar-refractivity contribution in [3.05, 3.63) is 52.6 Å². The van der Waals surface area contributed by atoms with E-state index in [0.717, 1.165) is 29.1 Å². The number of carbonyl (C=O) groups is 2. The van der Waals surface area contributed by atoms with Crippen LogP contribution in [0.3, 0.4) is 0 Å². The largest absolute Gasteiger partial charge is 0.507 e. The van der Waals surface area contributed by atoms with Crippen molar-refractivity contribution in [3.63, 3.8) is 0 Å². The van der Waals surface area contributed by atoms with Crippen molar-refractivity contribution in [1.29, 1.82) is 0 Å². The van der Waals surface area contributed by atoms with Crippen molar-refractivity contribution in [3.8, 4) is 5.75 Å². The number of aryl methyl sites for hydroxylation is 3. The van der Waals surface area contributed by atoms with Gasteiger partial charge >= 0.3 is 5.97 Å². The fourth-order valence-corrected chi connectivity index (χ4v) is 5.66. The van der Waals surface area contributed by atoms with Crippen LogP contribution < -0.4 is 4.90 Å². The third-order valence-corrected chi connectivity index (χ3v) is 7.94. The first-order valence-electron chi connectivity index (χ1n) is 10.4. The highest BCUT2D eigenvalue weighted by Crippen LogP contribution is 2.33. The number of benzene rings is 2. The van der Waals surface area contributed by atoms with Crippen LogP contribution in [0.5, 0.6) is 5.75 Å². The molecular formula is C23H28N2O6S. The number of carboxylic acid groups (broad SMARTS) is 1. The summed E-state index contributed by atoms with van der Waals surface area (Å²) in [7, 11) is -2.54. The number of aromatic hydroxyl groups is 1. The number of amides is 1. The molecule has 0 saturated heterocycles. The van der Waals surface area contributed by atoms with Gasteiger partial charge in [0, 0.05) is 24.8 Å². The predicted molar refractivity (Wildman–Crippen MR) is 121 cm³/mol. The zero-order valence-electron chi connectivity index (χ0n) is 18.6. The highest BCUT2D eigenvalue weighted by atomic mass is 32.2. The zero-order chi connectivity index (χ0) is 23.8. The molecule has 0 unspecified atom stereocenters. The van der Waals surface area contributed by atoms with Crippen molar-refractivity contribution in [1.82, 2.24) is 4.31 Å². The summed E-state index contributed by atoms with van der Waals surface area (Å²) in [6.07, 6.45) is 2.43. The molecule has 1 saturated carbocycles. The molecule has 2 aromatic carbocycles. The second kappa shape index (κ2) is 8.91. The monoisotopic (exact) mass is 460 g/mol. The van der Waals surface area contributed by atoms with Crippen LogP contribution in [0.25, 0.3) is 0 Å². The van der Waals surface area contributed by atoms with Gasteiger partial charge in [0.1, 0.15) is 11.3 Å². The molecular weight excluding hydrogens is 432 g/mol. The zero-order valence-corrected chi connectivity index (χ0v) is 19.4. The Labute approximate surface area is 188 Å². The maximum Gasteiger partial charge on any atom is 0.339 e. The second-order valence-corrected chi connectivity index (χ2v) is 10.3. The number of carboxylic acids is 1. The summed E-state index contributed by atoms with van der Waals surface area (Å²) in [6.45, 7) is 4.98. The van der Waals surface area contributed by atoms with Crippen LogP contribution in [0.2, 0.25) is 0 Å². The third-order valence-electron chi connectivity index (χ3n) is 5.83. The summed E-state index contributed by atoms with van der Waals surface area (Å²) in [6, 6.07) is 7.40. The average Bonchev–Trinajstić information content (AvgIpc) is 2.62. The topological polar surface area (TPSA) is 115 Å². The molecule has 0 aromatic heterocycles. The summed E-state index contributed by atoms with van der Waals surface area (Å²) >= 11 is 0. The van der Waals surface area contributed by atoms with E-state index in [1.807, 2.05) is 6.92 Å². The summed E-state index contributed by atoms with van der Waals surface area (Å²) in [4.78, 5) is 26.1. The lowest BCUT2D eigenvalue weighted by Gasteiger charge is -2.38. The Bertz CT molecular complexity index is 1150. The van der Waals surface area contributed by atoms with Crippen LogP contribution >= 0.6 is 0 Å². The normalized spacial score (nSPS) is 14.3. The molecule has 2 N–H and O–H groups in total. The van der Waals surface area contributed by atoms with Crippen molar-refractivity contribution in [2.75, 3.05) is 18.5 Å². The van der Waals surface area contributed by atoms with E-state index in [-0.39, 0.29) is 23.0 Å². The Kier molecular flexibility index (Phi) is 6.61. The highest BCUT2D eigenvalue weighted by molar-refractivity contribution is 7.89. The minimum absolute atomic E-state index is 0.128. The molecule has 1 amide bonds. The first-order chi connectivity index (χ1) is 14.9. The van der Waals surface area contributed by atoms with E-state index in [4.69, 9.17) is 5.11 Å². The molecule has 1 aliphatic carbocycles. The smallest absolute Gasteiger partial charge is 0.339 e. The average molecular weight is 461 g/mol. The molecule has 1 aliphatic rings. The lowest BCUT2D eigenvalue weighted by Crippen LogP contribution is -2.49. The van der Waals surface area contributed by atoms with Crippen LogP contribution in [0.4, 0.5) is 5.69 Å². The van der Waals surface area contributed by atoms with Gasteiger partial charge in [0.2, 0.25) is 15.9 Å². The van der Waals surface area contributed by atoms with Gasteiger partial charge in [-0.3, -0.25) is 4.79 Å². The van der Waals surface area contributed by atoms with Gasteiger partial charge in [-0.05, 0) is 63.3 Å². The third kappa shape index (κ3) is 4.49. The first-order valence-corrected chi connectivity index (χ1v) is 11.8. The number of phenols is 1. The number of hydrogen-bond donors (Lipinski definition) is 2. The second-order valence-electron chi connectivity index (χ2n) is 8.34. The molecule has 0 atom stereocenters. The van der Waals surface area contributed by atoms with E-state index in [9.17, 15) is 23.1 Å². The lowest BCUT2D eigenvalue weighted by molar-refractivity contribution is -0.119. The van der Waals surface area contributed by atoms with Crippen molar-refractivity contribution in [2.45, 2.75) is 51.0 Å². The fourth-order valence-electron chi connectivity index (χ4n) is 4.14. The highest BCUT2D eigenvalue weighted by Gasteiger charge is 2.34. The molecule has 172 valence electrons. The van der Waals surface area contributed by atoms with Crippen LogP contribution in [0, 0.1) is 20.8 Å². The Morgan fingerprint density at radius 2 is 1.66 bits per heavy atom. The number of nitrogens with zero attached hydrogens (tertiary/aromatic N) is 2. The fraction of sp³-hybridized carbons (Fsp3) is 0.391. The molecule has 1 fully saturated rings. The Balaban J connectivity index is 1.90. The number of carbonyl (C=O) groups excluding carboxylic acids is 1. The van der Waals surface area contributed by atoms with Crippen LogP contribution in [0.15, 0.2) is 35.2 Å². The van der Waals surface area contributed by atoms with Crippen molar-refractivity contribution < 1.29 is 28.2 Å². The molecule has 8 nitrogen and oxygen atoms in total. The van der Waals surface area contributed by atoms with Crippen molar-refractivity contribution >= 4 is 27.6 Å². The van der Waals surface area contributed by atoms with E-state index in [2.05, 4.69) is 0 Å². The van der Waals surface area contributed by atoms with Crippen LogP contribution in [0.1, 0.15) is 46.3 Å². The van der Waals surface area contributed by atoms with Gasteiger partial charge < -0.3 is 15.1 Å². The molecule has 2 aromatic rings. The van der Waals surface area contributed by atoms with Gasteiger partial charge in [0.25, 0.3) is 0 Å². The standard InChI is InChI=1S/C23H28N2O6S/c1-14-10-15(2)22(16(3)11-14)32(30,31)24(4)13-21(27)25(17-6-5-7-17)18-8-9-19(23(28)29)20(26)12-18/h8-12,17,26H,5-7,13H2,1-4H3,(H,28,29). The number of sulfonamides is 1. The molecule has 0 bridgehead atoms.